The molecule has 2 atom stereocenters. The zero-order chi connectivity index (χ0) is 15.5. The van der Waals surface area contributed by atoms with Gasteiger partial charge in [0.2, 0.25) is 0 Å². The number of hydrogen-bond acceptors (Lipinski definition) is 4. The number of nitrogens with zero attached hydrogens (tertiary/aromatic N) is 1. The van der Waals surface area contributed by atoms with E-state index < -0.39 is 0 Å². The van der Waals surface area contributed by atoms with Crippen molar-refractivity contribution in [2.45, 2.75) is 25.7 Å². The fourth-order valence-corrected chi connectivity index (χ4v) is 2.75. The van der Waals surface area contributed by atoms with E-state index in [4.69, 9.17) is 14.9 Å². The predicted octanol–water partition coefficient (Wildman–Crippen LogP) is 2.76. The molecule has 1 aromatic carbocycles. The van der Waals surface area contributed by atoms with E-state index in [9.17, 15) is 4.79 Å². The fraction of sp³-hybridized carbons (Fsp3) is 0.353. The maximum absolute atomic E-state index is 12.6. The van der Waals surface area contributed by atoms with Crippen molar-refractivity contribution in [1.29, 1.82) is 0 Å². The van der Waals surface area contributed by atoms with E-state index in [1.807, 2.05) is 42.2 Å². The number of hydrogen-bond donors (Lipinski definition) is 1. The Kier molecular flexibility index (Phi) is 5.82. The van der Waals surface area contributed by atoms with Crippen LogP contribution in [0.1, 0.15) is 34.7 Å². The van der Waals surface area contributed by atoms with Crippen LogP contribution in [0.5, 0.6) is 0 Å². The summed E-state index contributed by atoms with van der Waals surface area (Å²) in [6, 6.07) is 11.7. The molecule has 2 N–H and O–H groups in total. The van der Waals surface area contributed by atoms with E-state index in [1.165, 1.54) is 6.26 Å². The number of morpholine rings is 1. The van der Waals surface area contributed by atoms with Crippen molar-refractivity contribution in [3.8, 4) is 0 Å². The highest BCUT2D eigenvalue weighted by molar-refractivity contribution is 5.94. The van der Waals surface area contributed by atoms with Gasteiger partial charge in [-0.1, -0.05) is 30.3 Å². The summed E-state index contributed by atoms with van der Waals surface area (Å²) in [4.78, 5) is 14.4. The Bertz CT molecular complexity index is 644. The van der Waals surface area contributed by atoms with Gasteiger partial charge in [-0.3, -0.25) is 4.79 Å². The molecule has 0 spiro atoms. The zero-order valence-electron chi connectivity index (χ0n) is 13.0. The van der Waals surface area contributed by atoms with Crippen molar-refractivity contribution in [2.24, 2.45) is 5.73 Å². The lowest BCUT2D eigenvalue weighted by Gasteiger charge is -2.36. The Balaban J connectivity index is 0.00000192. The summed E-state index contributed by atoms with van der Waals surface area (Å²) in [5, 5.41) is 0. The van der Waals surface area contributed by atoms with Crippen LogP contribution in [0.2, 0.25) is 0 Å². The molecule has 2 unspecified atom stereocenters. The molecule has 0 aliphatic carbocycles. The van der Waals surface area contributed by atoms with E-state index >= 15 is 0 Å². The molecule has 3 rings (SSSR count). The number of carbonyl (C=O) groups excluding carboxylic acids is 1. The van der Waals surface area contributed by atoms with Crippen molar-refractivity contribution in [1.82, 2.24) is 4.90 Å². The van der Waals surface area contributed by atoms with E-state index in [0.29, 0.717) is 31.0 Å². The molecule has 1 fully saturated rings. The van der Waals surface area contributed by atoms with Crippen LogP contribution in [0.3, 0.4) is 0 Å². The molecule has 124 valence electrons. The minimum atomic E-state index is -0.102. The topological polar surface area (TPSA) is 68.7 Å². The highest BCUT2D eigenvalue weighted by Gasteiger charge is 2.30. The Morgan fingerprint density at radius 2 is 2.04 bits per heavy atom. The van der Waals surface area contributed by atoms with Crippen molar-refractivity contribution in [3.05, 3.63) is 59.5 Å². The van der Waals surface area contributed by atoms with Gasteiger partial charge < -0.3 is 19.8 Å². The molecule has 5 nitrogen and oxygen atoms in total. The fourth-order valence-electron chi connectivity index (χ4n) is 2.75. The van der Waals surface area contributed by atoms with Crippen molar-refractivity contribution in [2.75, 3.05) is 13.1 Å². The van der Waals surface area contributed by atoms with Gasteiger partial charge in [-0.2, -0.15) is 0 Å². The lowest BCUT2D eigenvalue weighted by molar-refractivity contribution is -0.0691. The van der Waals surface area contributed by atoms with Crippen LogP contribution in [0, 0.1) is 0 Å². The van der Waals surface area contributed by atoms with Crippen LogP contribution in [0.4, 0.5) is 0 Å². The van der Waals surface area contributed by atoms with Gasteiger partial charge in [0, 0.05) is 6.54 Å². The van der Waals surface area contributed by atoms with Gasteiger partial charge in [0.05, 0.1) is 24.8 Å². The van der Waals surface area contributed by atoms with Crippen molar-refractivity contribution < 1.29 is 13.9 Å². The van der Waals surface area contributed by atoms with Crippen molar-refractivity contribution in [3.63, 3.8) is 0 Å². The zero-order valence-corrected chi connectivity index (χ0v) is 13.8. The maximum atomic E-state index is 12.6. The van der Waals surface area contributed by atoms with Crippen LogP contribution in [0.15, 0.2) is 47.1 Å². The predicted molar refractivity (Wildman–Crippen MR) is 89.5 cm³/mol. The molecule has 2 aromatic rings. The number of nitrogens with two attached hydrogens (primary N) is 1. The molecule has 23 heavy (non-hydrogen) atoms. The summed E-state index contributed by atoms with van der Waals surface area (Å²) in [6.07, 6.45) is 1.36. The molecule has 1 amide bonds. The molecule has 0 bridgehead atoms. The van der Waals surface area contributed by atoms with Gasteiger partial charge in [-0.05, 0) is 18.6 Å². The third-order valence-electron chi connectivity index (χ3n) is 3.82. The largest absolute Gasteiger partial charge is 0.467 e. The Labute approximate surface area is 141 Å². The summed E-state index contributed by atoms with van der Waals surface area (Å²) >= 11 is 0. The summed E-state index contributed by atoms with van der Waals surface area (Å²) in [6.45, 7) is 3.39. The minimum Gasteiger partial charge on any atom is -0.467 e. The standard InChI is InChI=1S/C17H20N2O3.ClH/c1-12-9-19(17(20)14-7-15(8-18)21-11-14)10-16(22-12)13-5-3-2-4-6-13;/h2-7,11-12,16H,8-10,18H2,1H3;1H. The second-order valence-electron chi connectivity index (χ2n) is 5.56. The van der Waals surface area contributed by atoms with Gasteiger partial charge in [0.1, 0.15) is 18.1 Å². The smallest absolute Gasteiger partial charge is 0.257 e. The number of benzene rings is 1. The van der Waals surface area contributed by atoms with Gasteiger partial charge in [-0.15, -0.1) is 12.4 Å². The summed E-state index contributed by atoms with van der Waals surface area (Å²) in [7, 11) is 0. The lowest BCUT2D eigenvalue weighted by atomic mass is 10.1. The number of amides is 1. The monoisotopic (exact) mass is 336 g/mol. The first-order valence-electron chi connectivity index (χ1n) is 7.44. The molecule has 2 heterocycles. The number of rotatable bonds is 3. The lowest BCUT2D eigenvalue weighted by Crippen LogP contribution is -2.45. The SMILES string of the molecule is CC1CN(C(=O)c2coc(CN)c2)CC(c2ccccc2)O1.Cl. The first-order chi connectivity index (χ1) is 10.7. The van der Waals surface area contributed by atoms with Crippen LogP contribution in [0.25, 0.3) is 0 Å². The molecule has 1 saturated heterocycles. The normalized spacial score (nSPS) is 20.9. The quantitative estimate of drug-likeness (QED) is 0.935. The number of halogens is 1. The summed E-state index contributed by atoms with van der Waals surface area (Å²) in [5.74, 6) is 0.573. The summed E-state index contributed by atoms with van der Waals surface area (Å²) < 4.78 is 11.2. The highest BCUT2D eigenvalue weighted by Crippen LogP contribution is 2.26. The second kappa shape index (κ2) is 7.64. The first kappa shape index (κ1) is 17.5. The molecule has 0 saturated carbocycles. The minimum absolute atomic E-state index is 0. The molecule has 1 aromatic heterocycles. The third kappa shape index (κ3) is 3.93. The second-order valence-corrected chi connectivity index (χ2v) is 5.56. The van der Waals surface area contributed by atoms with E-state index in [1.54, 1.807) is 6.07 Å². The molecular formula is C17H21ClN2O3. The van der Waals surface area contributed by atoms with Crippen LogP contribution < -0.4 is 5.73 Å². The first-order valence-corrected chi connectivity index (χ1v) is 7.44. The summed E-state index contributed by atoms with van der Waals surface area (Å²) in [5.41, 5.74) is 7.15. The number of furan rings is 1. The Morgan fingerprint density at radius 3 is 2.70 bits per heavy atom. The Hall–Kier alpha value is -1.82. The number of ether oxygens (including phenoxy) is 1. The molecule has 0 radical (unpaired) electrons. The molecular weight excluding hydrogens is 316 g/mol. The third-order valence-corrected chi connectivity index (χ3v) is 3.82. The Morgan fingerprint density at radius 1 is 1.30 bits per heavy atom. The molecule has 1 aliphatic heterocycles. The van der Waals surface area contributed by atoms with E-state index in [0.717, 1.165) is 5.56 Å². The van der Waals surface area contributed by atoms with Crippen molar-refractivity contribution >= 4 is 18.3 Å². The van der Waals surface area contributed by atoms with Gasteiger partial charge in [-0.25, -0.2) is 0 Å². The highest BCUT2D eigenvalue weighted by atomic mass is 35.5. The average Bonchev–Trinajstić information content (AvgIpc) is 3.03. The van der Waals surface area contributed by atoms with Gasteiger partial charge >= 0.3 is 0 Å². The molecule has 1 aliphatic rings. The van der Waals surface area contributed by atoms with E-state index in [2.05, 4.69) is 0 Å². The van der Waals surface area contributed by atoms with Crippen LogP contribution in [-0.2, 0) is 11.3 Å². The van der Waals surface area contributed by atoms with Gasteiger partial charge in [0.15, 0.2) is 0 Å². The number of carbonyl (C=O) groups is 1. The molecule has 6 heteroatoms. The van der Waals surface area contributed by atoms with Crippen LogP contribution in [-0.4, -0.2) is 30.0 Å². The van der Waals surface area contributed by atoms with Gasteiger partial charge in [0.25, 0.3) is 5.91 Å². The van der Waals surface area contributed by atoms with Crippen LogP contribution >= 0.6 is 12.4 Å². The maximum Gasteiger partial charge on any atom is 0.257 e. The average molecular weight is 337 g/mol. The van der Waals surface area contributed by atoms with E-state index in [-0.39, 0.29) is 30.5 Å².